The Bertz CT molecular complexity index is 586. The molecule has 0 spiro atoms. The SMILES string of the molecule is CC(C)[C@H](NC(=O)CN(C)Cc1cccc(C(N)=O)c1)C(=O)O. The second-order valence-corrected chi connectivity index (χ2v) is 5.86. The quantitative estimate of drug-likeness (QED) is 0.643. The highest BCUT2D eigenvalue weighted by Crippen LogP contribution is 2.07. The second kappa shape index (κ2) is 8.28. The van der Waals surface area contributed by atoms with Gasteiger partial charge in [-0.15, -0.1) is 0 Å². The summed E-state index contributed by atoms with van der Waals surface area (Å²) in [6, 6.07) is 5.94. The molecule has 126 valence electrons. The van der Waals surface area contributed by atoms with Crippen LogP contribution in [0, 0.1) is 5.92 Å². The van der Waals surface area contributed by atoms with Crippen LogP contribution in [0.3, 0.4) is 0 Å². The van der Waals surface area contributed by atoms with Crippen molar-refractivity contribution in [3.63, 3.8) is 0 Å². The van der Waals surface area contributed by atoms with E-state index in [1.165, 1.54) is 0 Å². The third kappa shape index (κ3) is 6.07. The number of carbonyl (C=O) groups excluding carboxylic acids is 2. The zero-order chi connectivity index (χ0) is 17.6. The Morgan fingerprint density at radius 3 is 2.48 bits per heavy atom. The molecule has 1 aromatic rings. The smallest absolute Gasteiger partial charge is 0.326 e. The third-order valence-corrected chi connectivity index (χ3v) is 3.33. The van der Waals surface area contributed by atoms with Gasteiger partial charge >= 0.3 is 5.97 Å². The molecule has 1 rings (SSSR count). The van der Waals surface area contributed by atoms with Crippen LogP contribution in [0.4, 0.5) is 0 Å². The summed E-state index contributed by atoms with van der Waals surface area (Å²) < 4.78 is 0. The number of carbonyl (C=O) groups is 3. The molecule has 0 saturated carbocycles. The normalized spacial score (nSPS) is 12.2. The van der Waals surface area contributed by atoms with E-state index in [4.69, 9.17) is 10.8 Å². The van der Waals surface area contributed by atoms with Crippen LogP contribution < -0.4 is 11.1 Å². The Morgan fingerprint density at radius 2 is 1.96 bits per heavy atom. The molecule has 7 heteroatoms. The first-order valence-corrected chi connectivity index (χ1v) is 7.30. The molecule has 1 aromatic carbocycles. The number of amides is 2. The summed E-state index contributed by atoms with van der Waals surface area (Å²) >= 11 is 0. The van der Waals surface area contributed by atoms with Gasteiger partial charge in [0.15, 0.2) is 0 Å². The summed E-state index contributed by atoms with van der Waals surface area (Å²) in [6.07, 6.45) is 0. The molecule has 23 heavy (non-hydrogen) atoms. The Hall–Kier alpha value is -2.41. The Morgan fingerprint density at radius 1 is 1.30 bits per heavy atom. The van der Waals surface area contributed by atoms with E-state index in [2.05, 4.69) is 5.32 Å². The van der Waals surface area contributed by atoms with Crippen LogP contribution in [-0.2, 0) is 16.1 Å². The summed E-state index contributed by atoms with van der Waals surface area (Å²) in [5.41, 5.74) is 6.48. The summed E-state index contributed by atoms with van der Waals surface area (Å²) in [6.45, 7) is 3.96. The van der Waals surface area contributed by atoms with Crippen molar-refractivity contribution in [3.8, 4) is 0 Å². The van der Waals surface area contributed by atoms with Crippen molar-refractivity contribution in [2.45, 2.75) is 26.4 Å². The molecule has 0 aliphatic heterocycles. The fraction of sp³-hybridized carbons (Fsp3) is 0.438. The van der Waals surface area contributed by atoms with Crippen molar-refractivity contribution < 1.29 is 19.5 Å². The molecule has 0 saturated heterocycles. The Labute approximate surface area is 135 Å². The van der Waals surface area contributed by atoms with E-state index < -0.39 is 17.9 Å². The molecular formula is C16H23N3O4. The van der Waals surface area contributed by atoms with Gasteiger partial charge in [-0.05, 0) is 30.7 Å². The summed E-state index contributed by atoms with van der Waals surface area (Å²) in [7, 11) is 1.74. The maximum atomic E-state index is 11.9. The van der Waals surface area contributed by atoms with Gasteiger partial charge in [-0.25, -0.2) is 4.79 Å². The zero-order valence-electron chi connectivity index (χ0n) is 13.6. The molecule has 1 atom stereocenters. The van der Waals surface area contributed by atoms with Gasteiger partial charge in [0.2, 0.25) is 11.8 Å². The molecule has 0 unspecified atom stereocenters. The standard InChI is InChI=1S/C16H23N3O4/c1-10(2)14(16(22)23)18-13(20)9-19(3)8-11-5-4-6-12(7-11)15(17)21/h4-7,10,14H,8-9H2,1-3H3,(H2,17,21)(H,18,20)(H,22,23)/t14-/m0/s1. The average Bonchev–Trinajstić information content (AvgIpc) is 2.44. The predicted molar refractivity (Wildman–Crippen MR) is 85.7 cm³/mol. The minimum atomic E-state index is -1.05. The fourth-order valence-electron chi connectivity index (χ4n) is 2.17. The Balaban J connectivity index is 2.60. The van der Waals surface area contributed by atoms with E-state index in [1.54, 1.807) is 44.0 Å². The minimum Gasteiger partial charge on any atom is -0.480 e. The molecule has 0 radical (unpaired) electrons. The molecule has 0 aliphatic rings. The molecule has 2 amide bonds. The van der Waals surface area contributed by atoms with E-state index >= 15 is 0 Å². The lowest BCUT2D eigenvalue weighted by atomic mass is 10.0. The third-order valence-electron chi connectivity index (χ3n) is 3.33. The highest BCUT2D eigenvalue weighted by atomic mass is 16.4. The fourth-order valence-corrected chi connectivity index (χ4v) is 2.17. The number of benzene rings is 1. The van der Waals surface area contributed by atoms with Crippen LogP contribution in [0.1, 0.15) is 29.8 Å². The average molecular weight is 321 g/mol. The zero-order valence-corrected chi connectivity index (χ0v) is 13.6. The highest BCUT2D eigenvalue weighted by molar-refractivity contribution is 5.92. The number of carboxylic acids is 1. The van der Waals surface area contributed by atoms with Crippen LogP contribution in [0.2, 0.25) is 0 Å². The number of nitrogens with zero attached hydrogens (tertiary/aromatic N) is 1. The number of primary amides is 1. The molecule has 0 aliphatic carbocycles. The lowest BCUT2D eigenvalue weighted by molar-refractivity contribution is -0.143. The first-order valence-electron chi connectivity index (χ1n) is 7.30. The van der Waals surface area contributed by atoms with Crippen molar-refractivity contribution >= 4 is 17.8 Å². The van der Waals surface area contributed by atoms with Crippen molar-refractivity contribution in [1.29, 1.82) is 0 Å². The second-order valence-electron chi connectivity index (χ2n) is 5.86. The van der Waals surface area contributed by atoms with Gasteiger partial charge in [-0.3, -0.25) is 14.5 Å². The number of hydrogen-bond donors (Lipinski definition) is 3. The monoisotopic (exact) mass is 321 g/mol. The molecule has 7 nitrogen and oxygen atoms in total. The first kappa shape index (κ1) is 18.6. The topological polar surface area (TPSA) is 113 Å². The van der Waals surface area contributed by atoms with Crippen LogP contribution in [-0.4, -0.2) is 47.4 Å². The maximum Gasteiger partial charge on any atom is 0.326 e. The van der Waals surface area contributed by atoms with Crippen LogP contribution in [0.15, 0.2) is 24.3 Å². The number of nitrogens with two attached hydrogens (primary N) is 1. The lowest BCUT2D eigenvalue weighted by Gasteiger charge is -2.21. The van der Waals surface area contributed by atoms with Crippen LogP contribution in [0.5, 0.6) is 0 Å². The van der Waals surface area contributed by atoms with Crippen LogP contribution >= 0.6 is 0 Å². The van der Waals surface area contributed by atoms with Crippen molar-refractivity contribution in [3.05, 3.63) is 35.4 Å². The number of hydrogen-bond acceptors (Lipinski definition) is 4. The summed E-state index contributed by atoms with van der Waals surface area (Å²) in [4.78, 5) is 35.9. The molecule has 0 heterocycles. The van der Waals surface area contributed by atoms with E-state index in [0.717, 1.165) is 5.56 Å². The highest BCUT2D eigenvalue weighted by Gasteiger charge is 2.23. The van der Waals surface area contributed by atoms with Gasteiger partial charge in [0.05, 0.1) is 6.54 Å². The van der Waals surface area contributed by atoms with Crippen LogP contribution in [0.25, 0.3) is 0 Å². The van der Waals surface area contributed by atoms with Crippen molar-refractivity contribution in [2.24, 2.45) is 11.7 Å². The van der Waals surface area contributed by atoms with Gasteiger partial charge in [0.25, 0.3) is 0 Å². The van der Waals surface area contributed by atoms with E-state index in [1.807, 2.05) is 6.07 Å². The molecular weight excluding hydrogens is 298 g/mol. The Kier molecular flexibility index (Phi) is 6.71. The number of nitrogens with one attached hydrogen (secondary N) is 1. The number of carboxylic acid groups (broad SMARTS) is 1. The van der Waals surface area contributed by atoms with E-state index in [9.17, 15) is 14.4 Å². The summed E-state index contributed by atoms with van der Waals surface area (Å²) in [5, 5.41) is 11.6. The molecule has 0 fully saturated rings. The number of aliphatic carboxylic acids is 1. The largest absolute Gasteiger partial charge is 0.480 e. The summed E-state index contributed by atoms with van der Waals surface area (Å²) in [5.74, 6) is -2.12. The number of rotatable bonds is 8. The molecule has 0 aromatic heterocycles. The van der Waals surface area contributed by atoms with Gasteiger partial charge in [-0.1, -0.05) is 26.0 Å². The van der Waals surface area contributed by atoms with Gasteiger partial charge in [-0.2, -0.15) is 0 Å². The van der Waals surface area contributed by atoms with Gasteiger partial charge in [0.1, 0.15) is 6.04 Å². The van der Waals surface area contributed by atoms with Gasteiger partial charge < -0.3 is 16.2 Å². The molecule has 0 bridgehead atoms. The van der Waals surface area contributed by atoms with E-state index in [-0.39, 0.29) is 18.4 Å². The number of likely N-dealkylation sites (N-methyl/N-ethyl adjacent to an activating group) is 1. The minimum absolute atomic E-state index is 0.0529. The van der Waals surface area contributed by atoms with E-state index in [0.29, 0.717) is 12.1 Å². The molecule has 4 N–H and O–H groups in total. The predicted octanol–water partition coefficient (Wildman–Crippen LogP) is 0.443. The van der Waals surface area contributed by atoms with Gasteiger partial charge in [0, 0.05) is 12.1 Å². The lowest BCUT2D eigenvalue weighted by Crippen LogP contribution is -2.47. The van der Waals surface area contributed by atoms with Crippen molar-refractivity contribution in [2.75, 3.05) is 13.6 Å². The first-order chi connectivity index (χ1) is 10.7. The van der Waals surface area contributed by atoms with Crippen molar-refractivity contribution in [1.82, 2.24) is 10.2 Å². The maximum absolute atomic E-state index is 11.9.